The van der Waals surface area contributed by atoms with Crippen LogP contribution in [0.2, 0.25) is 0 Å². The van der Waals surface area contributed by atoms with E-state index >= 15 is 0 Å². The Kier molecular flexibility index (Phi) is 9.98. The minimum Gasteiger partial charge on any atom is -0.0619 e. The molecule has 19 rings (SSSR count). The maximum Gasteiger partial charge on any atom is 0.0299 e. The Morgan fingerprint density at radius 3 is 0.965 bits per heavy atom. The van der Waals surface area contributed by atoms with Crippen molar-refractivity contribution in [1.29, 1.82) is 0 Å². The first-order valence-electron chi connectivity index (χ1n) is 30.8. The maximum atomic E-state index is 2.74. The lowest BCUT2D eigenvalue weighted by Crippen LogP contribution is -2.38. The van der Waals surface area contributed by atoms with Crippen molar-refractivity contribution in [3.8, 4) is 66.8 Å². The summed E-state index contributed by atoms with van der Waals surface area (Å²) in [5.74, 6) is -0.177. The van der Waals surface area contributed by atoms with Gasteiger partial charge in [0.1, 0.15) is 0 Å². The first-order valence-corrected chi connectivity index (χ1v) is 30.8. The van der Waals surface area contributed by atoms with Crippen molar-refractivity contribution in [2.75, 3.05) is 0 Å². The van der Waals surface area contributed by atoms with Crippen molar-refractivity contribution in [2.24, 2.45) is 0 Å². The normalized spacial score (nSPS) is 17.3. The third kappa shape index (κ3) is 6.58. The summed E-state index contributed by atoms with van der Waals surface area (Å²) >= 11 is 0. The van der Waals surface area contributed by atoms with Crippen LogP contribution >= 0.6 is 0 Å². The molecule has 7 aliphatic rings. The first kappa shape index (κ1) is 47.6. The van der Waals surface area contributed by atoms with Gasteiger partial charge in [-0.25, -0.2) is 0 Å². The van der Waals surface area contributed by atoms with Gasteiger partial charge in [0.25, 0.3) is 0 Å². The second-order valence-electron chi connectivity index (χ2n) is 25.2. The molecule has 12 aromatic rings. The van der Waals surface area contributed by atoms with E-state index in [1.807, 2.05) is 0 Å². The van der Waals surface area contributed by atoms with Gasteiger partial charge < -0.3 is 0 Å². The molecule has 0 heteroatoms. The quantitative estimate of drug-likeness (QED) is 0.156. The van der Waals surface area contributed by atoms with Gasteiger partial charge in [-0.3, -0.25) is 0 Å². The van der Waals surface area contributed by atoms with Gasteiger partial charge in [0.05, 0.1) is 0 Å². The fourth-order valence-corrected chi connectivity index (χ4v) is 17.8. The lowest BCUT2D eigenvalue weighted by molar-refractivity contribution is 0.550. The summed E-state index contributed by atoms with van der Waals surface area (Å²) in [5.41, 5.74) is 46.6. The molecule has 0 bridgehead atoms. The summed E-state index contributed by atoms with van der Waals surface area (Å²) in [6.07, 6.45) is 5.26. The van der Waals surface area contributed by atoms with Crippen LogP contribution < -0.4 is 0 Å². The predicted molar refractivity (Wildman–Crippen MR) is 352 cm³/mol. The molecule has 2 atom stereocenters. The smallest absolute Gasteiger partial charge is 0.0299 e. The molecular weight excluding hydrogens is 1020 g/mol. The lowest BCUT2D eigenvalue weighted by Gasteiger charge is -2.50. The zero-order chi connectivity index (χ0) is 55.6. The zero-order valence-electron chi connectivity index (χ0n) is 47.6. The van der Waals surface area contributed by atoms with Crippen molar-refractivity contribution in [1.82, 2.24) is 0 Å². The van der Waals surface area contributed by atoms with Crippen molar-refractivity contribution in [3.05, 3.63) is 355 Å². The molecule has 2 unspecified atom stereocenters. The molecule has 0 radical (unpaired) electrons. The summed E-state index contributed by atoms with van der Waals surface area (Å²) < 4.78 is 0. The highest BCUT2D eigenvalue weighted by Gasteiger charge is 2.53. The van der Waals surface area contributed by atoms with E-state index < -0.39 is 5.41 Å². The SMILES string of the molecule is CC1(c2cccc3c2Cc2ccccc2-3)C(c2cccc3c2Cc2ccccc2-3)=C(c2cccc3c2Cc2ccccc2-3)C(c2cccc3c2Cc2ccccc2-3)=C(c2cccc3c2Cc2ccccc2-3)C1c1cccc2c1Cc1ccccc1-2. The van der Waals surface area contributed by atoms with Gasteiger partial charge in [0.2, 0.25) is 0 Å². The van der Waals surface area contributed by atoms with E-state index in [4.69, 9.17) is 0 Å². The second kappa shape index (κ2) is 17.8. The minimum absolute atomic E-state index is 0.177. The molecule has 0 saturated heterocycles. The van der Waals surface area contributed by atoms with Gasteiger partial charge in [-0.15, -0.1) is 0 Å². The zero-order valence-corrected chi connectivity index (χ0v) is 47.6. The number of hydrogen-bond donors (Lipinski definition) is 0. The summed E-state index contributed by atoms with van der Waals surface area (Å²) in [6, 6.07) is 99.8. The highest BCUT2D eigenvalue weighted by Crippen LogP contribution is 2.68. The van der Waals surface area contributed by atoms with Crippen LogP contribution in [0.3, 0.4) is 0 Å². The van der Waals surface area contributed by atoms with E-state index in [-0.39, 0.29) is 5.92 Å². The molecule has 0 aliphatic heterocycles. The summed E-state index contributed by atoms with van der Waals surface area (Å²) in [6.45, 7) is 2.74. The second-order valence-corrected chi connectivity index (χ2v) is 25.2. The molecule has 0 aromatic heterocycles. The van der Waals surface area contributed by atoms with Gasteiger partial charge in [0.15, 0.2) is 0 Å². The monoisotopic (exact) mass is 1080 g/mol. The van der Waals surface area contributed by atoms with Gasteiger partial charge in [0, 0.05) is 11.3 Å². The van der Waals surface area contributed by atoms with E-state index in [1.165, 1.54) is 189 Å². The Morgan fingerprint density at radius 1 is 0.235 bits per heavy atom. The van der Waals surface area contributed by atoms with Crippen LogP contribution in [0.1, 0.15) is 113 Å². The number of allylic oxidation sites excluding steroid dienone is 4. The van der Waals surface area contributed by atoms with Gasteiger partial charge in [-0.05, 0) is 228 Å². The van der Waals surface area contributed by atoms with E-state index in [2.05, 4.69) is 262 Å². The molecule has 398 valence electrons. The van der Waals surface area contributed by atoms with Gasteiger partial charge >= 0.3 is 0 Å². The Balaban J connectivity index is 1.06. The fourth-order valence-electron chi connectivity index (χ4n) is 17.8. The average molecular weight is 1080 g/mol. The number of hydrogen-bond acceptors (Lipinski definition) is 0. The molecule has 0 heterocycles. The Labute approximate surface area is 497 Å². The van der Waals surface area contributed by atoms with E-state index in [9.17, 15) is 0 Å². The fraction of sp³-hybridized carbons (Fsp3) is 0.106. The summed E-state index contributed by atoms with van der Waals surface area (Å²) in [5, 5.41) is 0. The van der Waals surface area contributed by atoms with Crippen LogP contribution in [0.4, 0.5) is 0 Å². The molecular formula is C85H58. The largest absolute Gasteiger partial charge is 0.0619 e. The van der Waals surface area contributed by atoms with Crippen molar-refractivity contribution < 1.29 is 0 Å². The highest BCUT2D eigenvalue weighted by molar-refractivity contribution is 6.28. The van der Waals surface area contributed by atoms with Crippen LogP contribution in [0.5, 0.6) is 0 Å². The van der Waals surface area contributed by atoms with E-state index in [0.29, 0.717) is 0 Å². The minimum atomic E-state index is -0.696. The van der Waals surface area contributed by atoms with Crippen LogP contribution in [-0.2, 0) is 43.9 Å². The van der Waals surface area contributed by atoms with Crippen LogP contribution in [0.25, 0.3) is 89.1 Å². The third-order valence-corrected chi connectivity index (χ3v) is 21.3. The van der Waals surface area contributed by atoms with Crippen molar-refractivity contribution in [3.63, 3.8) is 0 Å². The average Bonchev–Trinajstić information content (AvgIpc) is 2.01. The first-order chi connectivity index (χ1) is 42.1. The van der Waals surface area contributed by atoms with Gasteiger partial charge in [-0.1, -0.05) is 262 Å². The molecule has 0 saturated carbocycles. The van der Waals surface area contributed by atoms with Crippen LogP contribution in [0, 0.1) is 0 Å². The van der Waals surface area contributed by atoms with Crippen LogP contribution in [-0.4, -0.2) is 0 Å². The molecule has 0 nitrogen and oxygen atoms in total. The number of rotatable bonds is 6. The molecule has 7 aliphatic carbocycles. The number of fused-ring (bicyclic) bond motifs is 18. The van der Waals surface area contributed by atoms with Crippen molar-refractivity contribution >= 4 is 22.3 Å². The summed E-state index contributed by atoms with van der Waals surface area (Å²) in [4.78, 5) is 0. The molecule has 85 heavy (non-hydrogen) atoms. The summed E-state index contributed by atoms with van der Waals surface area (Å²) in [7, 11) is 0. The topological polar surface area (TPSA) is 0 Å². The molecule has 0 amide bonds. The standard InChI is InChI=1S/C85H58/c1-85(79-43-19-37-67-61-31-13-7-25-55(61)49-78(67)79)83(71-41-17-35-65-59-29-11-5-23-53(59)47-76(65)71)81(69-39-15-33-63-57-27-9-3-21-51(57)45-74(63)69)80(68-38-14-32-62-56-26-8-2-20-50(56)44-73(62)68)82(70-40-16-34-64-58-28-10-4-22-52(58)46-75(64)70)84(85)72-42-18-36-66-60-30-12-6-24-54(60)48-77(66)72/h2-43,83H,44-49H2,1H3. The maximum absolute atomic E-state index is 2.74. The highest BCUT2D eigenvalue weighted by atomic mass is 14.6. The van der Waals surface area contributed by atoms with Gasteiger partial charge in [-0.2, -0.15) is 0 Å². The molecule has 12 aromatic carbocycles. The number of benzene rings is 12. The van der Waals surface area contributed by atoms with Crippen molar-refractivity contribution in [2.45, 2.75) is 56.8 Å². The van der Waals surface area contributed by atoms with E-state index in [0.717, 1.165) is 38.5 Å². The van der Waals surface area contributed by atoms with Crippen LogP contribution in [0.15, 0.2) is 255 Å². The van der Waals surface area contributed by atoms with E-state index in [1.54, 1.807) is 0 Å². The molecule has 0 N–H and O–H groups in total. The predicted octanol–water partition coefficient (Wildman–Crippen LogP) is 20.4. The lowest BCUT2D eigenvalue weighted by atomic mass is 9.52. The third-order valence-electron chi connectivity index (χ3n) is 21.3. The molecule has 0 fully saturated rings. The Bertz CT molecular complexity index is 5030. The molecule has 0 spiro atoms. The Hall–Kier alpha value is -9.88. The Morgan fingerprint density at radius 2 is 0.518 bits per heavy atom.